The highest BCUT2D eigenvalue weighted by atomic mass is 32.2. The minimum Gasteiger partial charge on any atom is -0.330 e. The molecule has 0 heterocycles. The summed E-state index contributed by atoms with van der Waals surface area (Å²) in [6.07, 6.45) is -1.43. The smallest absolute Gasteiger partial charge is 0.330 e. The zero-order chi connectivity index (χ0) is 15.7. The second kappa shape index (κ2) is 8.94. The van der Waals surface area contributed by atoms with Crippen molar-refractivity contribution in [3.8, 4) is 0 Å². The van der Waals surface area contributed by atoms with E-state index in [1.54, 1.807) is 24.3 Å². The van der Waals surface area contributed by atoms with Crippen LogP contribution in [0.5, 0.6) is 0 Å². The summed E-state index contributed by atoms with van der Waals surface area (Å²) in [6, 6.07) is 6.51. The lowest BCUT2D eigenvalue weighted by molar-refractivity contribution is -0.116. The lowest BCUT2D eigenvalue weighted by Gasteiger charge is -2.11. The van der Waals surface area contributed by atoms with Gasteiger partial charge in [0.05, 0.1) is 11.4 Å². The van der Waals surface area contributed by atoms with Crippen LogP contribution in [0.1, 0.15) is 25.7 Å². The van der Waals surface area contributed by atoms with Crippen molar-refractivity contribution in [2.75, 3.05) is 17.6 Å². The molecular formula is C14H19F3N2OS. The number of thioether (sulfide) groups is 1. The molecule has 0 radical (unpaired) electrons. The van der Waals surface area contributed by atoms with Gasteiger partial charge in [0.15, 0.2) is 0 Å². The van der Waals surface area contributed by atoms with Gasteiger partial charge in [-0.3, -0.25) is 4.79 Å². The Labute approximate surface area is 126 Å². The molecule has 1 rings (SSSR count). The summed E-state index contributed by atoms with van der Waals surface area (Å²) in [5, 5.41) is 2.67. The molecule has 0 aromatic heterocycles. The van der Waals surface area contributed by atoms with Gasteiger partial charge in [-0.2, -0.15) is 13.2 Å². The maximum Gasteiger partial charge on any atom is 0.398 e. The van der Waals surface area contributed by atoms with Crippen molar-refractivity contribution < 1.29 is 18.0 Å². The van der Waals surface area contributed by atoms with Gasteiger partial charge < -0.3 is 11.1 Å². The Morgan fingerprint density at radius 3 is 2.57 bits per heavy atom. The van der Waals surface area contributed by atoms with Crippen molar-refractivity contribution in [1.29, 1.82) is 0 Å². The second-order valence-corrected chi connectivity index (χ2v) is 5.56. The largest absolute Gasteiger partial charge is 0.398 e. The molecule has 1 aromatic carbocycles. The van der Waals surface area contributed by atoms with Gasteiger partial charge in [-0.05, 0) is 31.5 Å². The molecule has 0 spiro atoms. The number of para-hydroxylation sites is 1. The van der Waals surface area contributed by atoms with E-state index in [4.69, 9.17) is 5.73 Å². The summed E-state index contributed by atoms with van der Waals surface area (Å²) in [6.45, 7) is 0.596. The summed E-state index contributed by atoms with van der Waals surface area (Å²) in [7, 11) is 0. The maximum atomic E-state index is 12.3. The van der Waals surface area contributed by atoms with E-state index in [2.05, 4.69) is 5.32 Å². The molecule has 3 N–H and O–H groups in total. The number of halogens is 3. The van der Waals surface area contributed by atoms with E-state index < -0.39 is 11.9 Å². The van der Waals surface area contributed by atoms with Gasteiger partial charge in [0, 0.05) is 11.3 Å². The molecule has 0 aliphatic carbocycles. The van der Waals surface area contributed by atoms with E-state index in [1.807, 2.05) is 0 Å². The van der Waals surface area contributed by atoms with Crippen LogP contribution >= 0.6 is 11.8 Å². The number of anilines is 1. The minimum absolute atomic E-state index is 0.188. The fourth-order valence-electron chi connectivity index (χ4n) is 1.67. The zero-order valence-electron chi connectivity index (χ0n) is 11.6. The standard InChI is InChI=1S/C14H19F3N2OS/c15-14(16,17)10-21-12-7-4-3-6-11(12)19-13(20)8-2-1-5-9-18/h3-4,6-7H,1-2,5,8-10,18H2,(H,19,20). The van der Waals surface area contributed by atoms with E-state index in [0.717, 1.165) is 19.3 Å². The van der Waals surface area contributed by atoms with Crippen molar-refractivity contribution in [1.82, 2.24) is 0 Å². The Morgan fingerprint density at radius 2 is 1.90 bits per heavy atom. The molecule has 21 heavy (non-hydrogen) atoms. The van der Waals surface area contributed by atoms with Crippen LogP contribution < -0.4 is 11.1 Å². The van der Waals surface area contributed by atoms with Crippen molar-refractivity contribution in [3.63, 3.8) is 0 Å². The minimum atomic E-state index is -4.23. The Hall–Kier alpha value is -1.21. The Morgan fingerprint density at radius 1 is 1.19 bits per heavy atom. The summed E-state index contributed by atoms with van der Waals surface area (Å²) in [4.78, 5) is 12.2. The fourth-order valence-corrected chi connectivity index (χ4v) is 2.44. The molecule has 0 unspecified atom stereocenters. The van der Waals surface area contributed by atoms with Gasteiger partial charge in [-0.15, -0.1) is 11.8 Å². The van der Waals surface area contributed by atoms with Gasteiger partial charge >= 0.3 is 6.18 Å². The van der Waals surface area contributed by atoms with Gasteiger partial charge in [0.2, 0.25) is 5.91 Å². The van der Waals surface area contributed by atoms with Crippen LogP contribution in [0, 0.1) is 0 Å². The molecule has 0 bridgehead atoms. The van der Waals surface area contributed by atoms with Crippen molar-refractivity contribution in [2.45, 2.75) is 36.8 Å². The highest BCUT2D eigenvalue weighted by molar-refractivity contribution is 7.99. The molecule has 118 valence electrons. The predicted octanol–water partition coefficient (Wildman–Crippen LogP) is 3.80. The van der Waals surface area contributed by atoms with E-state index >= 15 is 0 Å². The first-order valence-electron chi connectivity index (χ1n) is 6.71. The lowest BCUT2D eigenvalue weighted by atomic mass is 10.2. The molecule has 3 nitrogen and oxygen atoms in total. The molecule has 1 aromatic rings. The monoisotopic (exact) mass is 320 g/mol. The molecule has 0 aliphatic rings. The SMILES string of the molecule is NCCCCCC(=O)Nc1ccccc1SCC(F)(F)F. The average molecular weight is 320 g/mol. The number of carbonyl (C=O) groups is 1. The number of amides is 1. The number of carbonyl (C=O) groups excluding carboxylic acids is 1. The quantitative estimate of drug-likeness (QED) is 0.566. The van der Waals surface area contributed by atoms with E-state index in [-0.39, 0.29) is 5.91 Å². The molecule has 0 fully saturated rings. The number of benzene rings is 1. The highest BCUT2D eigenvalue weighted by Crippen LogP contribution is 2.32. The number of nitrogens with two attached hydrogens (primary N) is 1. The average Bonchev–Trinajstić information content (AvgIpc) is 2.42. The van der Waals surface area contributed by atoms with Crippen molar-refractivity contribution in [2.24, 2.45) is 5.73 Å². The lowest BCUT2D eigenvalue weighted by Crippen LogP contribution is -2.13. The Kier molecular flexibility index (Phi) is 7.60. The number of nitrogens with one attached hydrogen (secondary N) is 1. The number of hydrogen-bond donors (Lipinski definition) is 2. The van der Waals surface area contributed by atoms with Gasteiger partial charge in [-0.25, -0.2) is 0 Å². The second-order valence-electron chi connectivity index (χ2n) is 4.55. The number of hydrogen-bond acceptors (Lipinski definition) is 3. The van der Waals surface area contributed by atoms with Crippen LogP contribution in [0.4, 0.5) is 18.9 Å². The number of unbranched alkanes of at least 4 members (excludes halogenated alkanes) is 2. The molecule has 1 amide bonds. The fraction of sp³-hybridized carbons (Fsp3) is 0.500. The van der Waals surface area contributed by atoms with Crippen LogP contribution in [-0.2, 0) is 4.79 Å². The Balaban J connectivity index is 2.52. The topological polar surface area (TPSA) is 55.1 Å². The Bertz CT molecular complexity index is 452. The van der Waals surface area contributed by atoms with Crippen LogP contribution in [0.3, 0.4) is 0 Å². The third kappa shape index (κ3) is 7.96. The van der Waals surface area contributed by atoms with Gasteiger partial charge in [0.1, 0.15) is 0 Å². The summed E-state index contributed by atoms with van der Waals surface area (Å²) < 4.78 is 36.8. The van der Waals surface area contributed by atoms with Crippen molar-refractivity contribution >= 4 is 23.4 Å². The van der Waals surface area contributed by atoms with Crippen LogP contribution in [0.15, 0.2) is 29.2 Å². The van der Waals surface area contributed by atoms with Crippen LogP contribution in [0.25, 0.3) is 0 Å². The summed E-state index contributed by atoms with van der Waals surface area (Å²) in [5.41, 5.74) is 5.79. The third-order valence-electron chi connectivity index (χ3n) is 2.66. The predicted molar refractivity (Wildman–Crippen MR) is 79.4 cm³/mol. The van der Waals surface area contributed by atoms with Crippen molar-refractivity contribution in [3.05, 3.63) is 24.3 Å². The first-order chi connectivity index (χ1) is 9.92. The van der Waals surface area contributed by atoms with Gasteiger partial charge in [0.25, 0.3) is 0 Å². The summed E-state index contributed by atoms with van der Waals surface area (Å²) >= 11 is 0.672. The summed E-state index contributed by atoms with van der Waals surface area (Å²) in [5.74, 6) is -1.16. The first kappa shape index (κ1) is 17.8. The van der Waals surface area contributed by atoms with E-state index in [1.165, 1.54) is 0 Å². The molecule has 0 saturated carbocycles. The van der Waals surface area contributed by atoms with E-state index in [0.29, 0.717) is 35.3 Å². The number of rotatable bonds is 8. The molecule has 7 heteroatoms. The third-order valence-corrected chi connectivity index (χ3v) is 3.80. The molecule has 0 atom stereocenters. The zero-order valence-corrected chi connectivity index (χ0v) is 12.4. The normalized spacial score (nSPS) is 11.4. The molecule has 0 aliphatic heterocycles. The highest BCUT2D eigenvalue weighted by Gasteiger charge is 2.27. The maximum absolute atomic E-state index is 12.3. The first-order valence-corrected chi connectivity index (χ1v) is 7.69. The van der Waals surface area contributed by atoms with Crippen LogP contribution in [-0.4, -0.2) is 24.4 Å². The molecule has 0 saturated heterocycles. The number of alkyl halides is 3. The molecular weight excluding hydrogens is 301 g/mol. The van der Waals surface area contributed by atoms with Gasteiger partial charge in [-0.1, -0.05) is 18.6 Å². The van der Waals surface area contributed by atoms with Crippen LogP contribution in [0.2, 0.25) is 0 Å². The van der Waals surface area contributed by atoms with E-state index in [9.17, 15) is 18.0 Å².